The van der Waals surface area contributed by atoms with E-state index in [-0.39, 0.29) is 11.3 Å². The molecule has 1 amide bonds. The standard InChI is InChI=1S/C25H29N5OS2/c1-15-3-2-4-19(7-15)22-28-29-24(32)30(22)6-5-21(31)27-23-26-20(14-33-23)25-11-16-8-17(12-25)10-18(9-16)13-25/h2-4,7,14,16-18H,5-6,8-13H2,1H3,(H,29,32)(H,26,27,31). The number of aromatic nitrogens is 4. The van der Waals surface area contributed by atoms with Gasteiger partial charge in [-0.05, 0) is 81.5 Å². The maximum Gasteiger partial charge on any atom is 0.227 e. The molecule has 6 nitrogen and oxygen atoms in total. The molecular formula is C25H29N5OS2. The van der Waals surface area contributed by atoms with Gasteiger partial charge in [0.15, 0.2) is 15.7 Å². The van der Waals surface area contributed by atoms with Gasteiger partial charge < -0.3 is 5.32 Å². The number of nitrogens with zero attached hydrogens (tertiary/aromatic N) is 3. The molecule has 4 fully saturated rings. The van der Waals surface area contributed by atoms with Crippen molar-refractivity contribution in [3.05, 3.63) is 45.7 Å². The molecule has 0 saturated heterocycles. The van der Waals surface area contributed by atoms with E-state index in [4.69, 9.17) is 17.2 Å². The lowest BCUT2D eigenvalue weighted by molar-refractivity contribution is -0.116. The third kappa shape index (κ3) is 3.97. The number of hydrogen-bond acceptors (Lipinski definition) is 5. The van der Waals surface area contributed by atoms with Crippen LogP contribution in [0.4, 0.5) is 5.13 Å². The van der Waals surface area contributed by atoms with E-state index in [9.17, 15) is 4.79 Å². The Morgan fingerprint density at radius 2 is 1.97 bits per heavy atom. The van der Waals surface area contributed by atoms with Crippen molar-refractivity contribution in [3.8, 4) is 11.4 Å². The number of H-pyrrole nitrogens is 1. The molecule has 7 rings (SSSR count). The minimum Gasteiger partial charge on any atom is -0.302 e. The Labute approximate surface area is 202 Å². The van der Waals surface area contributed by atoms with Gasteiger partial charge in [0.1, 0.15) is 0 Å². The molecule has 0 aliphatic heterocycles. The van der Waals surface area contributed by atoms with Crippen molar-refractivity contribution < 1.29 is 4.79 Å². The predicted molar refractivity (Wildman–Crippen MR) is 133 cm³/mol. The van der Waals surface area contributed by atoms with E-state index in [0.29, 0.717) is 17.7 Å². The predicted octanol–water partition coefficient (Wildman–Crippen LogP) is 5.87. The molecule has 0 radical (unpaired) electrons. The van der Waals surface area contributed by atoms with Crippen LogP contribution in [0.3, 0.4) is 0 Å². The SMILES string of the molecule is Cc1cccc(-c2n[nH]c(=S)n2CCC(=O)Nc2nc(C34CC5CC(CC(C5)C3)C4)cs2)c1. The summed E-state index contributed by atoms with van der Waals surface area (Å²) in [5, 5.41) is 13.2. The summed E-state index contributed by atoms with van der Waals surface area (Å²) in [6.45, 7) is 2.52. The Hall–Kier alpha value is -2.32. The maximum atomic E-state index is 12.8. The molecule has 2 aromatic heterocycles. The number of thiazole rings is 1. The number of nitrogens with one attached hydrogen (secondary N) is 2. The van der Waals surface area contributed by atoms with E-state index in [0.717, 1.165) is 39.8 Å². The molecule has 1 aromatic carbocycles. The summed E-state index contributed by atoms with van der Waals surface area (Å²) in [5.41, 5.74) is 3.63. The second-order valence-corrected chi connectivity index (χ2v) is 11.7. The second kappa shape index (κ2) is 8.17. The highest BCUT2D eigenvalue weighted by Crippen LogP contribution is 2.60. The van der Waals surface area contributed by atoms with Crippen molar-refractivity contribution in [2.24, 2.45) is 17.8 Å². The first-order chi connectivity index (χ1) is 16.0. The van der Waals surface area contributed by atoms with Crippen LogP contribution in [0.2, 0.25) is 0 Å². The van der Waals surface area contributed by atoms with Crippen LogP contribution in [-0.2, 0) is 16.8 Å². The summed E-state index contributed by atoms with van der Waals surface area (Å²) in [5.74, 6) is 3.38. The summed E-state index contributed by atoms with van der Waals surface area (Å²) in [6, 6.07) is 8.14. The molecule has 2 N–H and O–H groups in total. The zero-order valence-electron chi connectivity index (χ0n) is 18.8. The van der Waals surface area contributed by atoms with Gasteiger partial charge in [-0.3, -0.25) is 14.5 Å². The average molecular weight is 480 g/mol. The van der Waals surface area contributed by atoms with Crippen LogP contribution < -0.4 is 5.32 Å². The second-order valence-electron chi connectivity index (χ2n) is 10.4. The maximum absolute atomic E-state index is 12.8. The van der Waals surface area contributed by atoms with Crippen molar-refractivity contribution in [1.29, 1.82) is 0 Å². The van der Waals surface area contributed by atoms with E-state index in [1.165, 1.54) is 44.2 Å². The number of rotatable bonds is 6. The van der Waals surface area contributed by atoms with Gasteiger partial charge in [-0.2, -0.15) is 5.10 Å². The Morgan fingerprint density at radius 1 is 1.24 bits per heavy atom. The van der Waals surface area contributed by atoms with Gasteiger partial charge in [0.05, 0.1) is 5.69 Å². The van der Waals surface area contributed by atoms with Gasteiger partial charge in [0.2, 0.25) is 5.91 Å². The first-order valence-corrected chi connectivity index (χ1v) is 13.2. The Bertz CT molecular complexity index is 1220. The Morgan fingerprint density at radius 3 is 2.67 bits per heavy atom. The monoisotopic (exact) mass is 479 g/mol. The van der Waals surface area contributed by atoms with Gasteiger partial charge >= 0.3 is 0 Å². The van der Waals surface area contributed by atoms with Crippen molar-refractivity contribution in [3.63, 3.8) is 0 Å². The molecule has 4 saturated carbocycles. The van der Waals surface area contributed by atoms with Crippen LogP contribution in [0, 0.1) is 29.4 Å². The minimum atomic E-state index is -0.0419. The Kier molecular flexibility index (Phi) is 5.25. The quantitative estimate of drug-likeness (QED) is 0.434. The number of carbonyl (C=O) groups excluding carboxylic acids is 1. The lowest BCUT2D eigenvalue weighted by Gasteiger charge is -2.56. The smallest absolute Gasteiger partial charge is 0.227 e. The normalized spacial score (nSPS) is 27.7. The van der Waals surface area contributed by atoms with Crippen LogP contribution in [-0.4, -0.2) is 25.7 Å². The highest BCUT2D eigenvalue weighted by atomic mass is 32.1. The molecule has 4 aliphatic carbocycles. The first-order valence-electron chi connectivity index (χ1n) is 12.0. The van der Waals surface area contributed by atoms with Gasteiger partial charge in [-0.15, -0.1) is 11.3 Å². The van der Waals surface area contributed by atoms with E-state index >= 15 is 0 Å². The molecule has 8 heteroatoms. The van der Waals surface area contributed by atoms with Gasteiger partial charge in [0.25, 0.3) is 0 Å². The number of benzene rings is 1. The van der Waals surface area contributed by atoms with Gasteiger partial charge in [-0.25, -0.2) is 4.98 Å². The topological polar surface area (TPSA) is 75.6 Å². The highest BCUT2D eigenvalue weighted by Gasteiger charge is 2.52. The third-order valence-corrected chi connectivity index (χ3v) is 9.00. The molecule has 172 valence electrons. The van der Waals surface area contributed by atoms with Crippen LogP contribution in [0.25, 0.3) is 11.4 Å². The van der Waals surface area contributed by atoms with Gasteiger partial charge in [-0.1, -0.05) is 23.8 Å². The third-order valence-electron chi connectivity index (χ3n) is 7.93. The van der Waals surface area contributed by atoms with Crippen molar-refractivity contribution in [1.82, 2.24) is 19.7 Å². The number of amides is 1. The highest BCUT2D eigenvalue weighted by molar-refractivity contribution is 7.71. The number of aromatic amines is 1. The summed E-state index contributed by atoms with van der Waals surface area (Å²) in [4.78, 5) is 17.7. The van der Waals surface area contributed by atoms with E-state index in [1.807, 2.05) is 29.7 Å². The molecule has 33 heavy (non-hydrogen) atoms. The molecule has 4 bridgehead atoms. The summed E-state index contributed by atoms with van der Waals surface area (Å²) >= 11 is 6.99. The van der Waals surface area contributed by atoms with Crippen LogP contribution in [0.1, 0.15) is 56.2 Å². The summed E-state index contributed by atoms with van der Waals surface area (Å²) < 4.78 is 2.42. The van der Waals surface area contributed by atoms with Gasteiger partial charge in [0, 0.05) is 29.3 Å². The molecule has 0 atom stereocenters. The van der Waals surface area contributed by atoms with Crippen LogP contribution in [0.15, 0.2) is 29.6 Å². The number of hydrogen-bond donors (Lipinski definition) is 2. The largest absolute Gasteiger partial charge is 0.302 e. The van der Waals surface area contributed by atoms with Crippen molar-refractivity contribution in [2.75, 3.05) is 5.32 Å². The van der Waals surface area contributed by atoms with Crippen molar-refractivity contribution >= 4 is 34.6 Å². The Balaban J connectivity index is 1.13. The fourth-order valence-corrected chi connectivity index (χ4v) is 8.00. The minimum absolute atomic E-state index is 0.0419. The zero-order chi connectivity index (χ0) is 22.6. The summed E-state index contributed by atoms with van der Waals surface area (Å²) in [7, 11) is 0. The van der Waals surface area contributed by atoms with Crippen LogP contribution >= 0.6 is 23.6 Å². The number of aryl methyl sites for hydroxylation is 1. The molecule has 3 aromatic rings. The molecule has 4 aliphatic rings. The number of carbonyl (C=O) groups is 1. The molecular weight excluding hydrogens is 450 g/mol. The molecule has 0 unspecified atom stereocenters. The zero-order valence-corrected chi connectivity index (χ0v) is 20.5. The number of anilines is 1. The van der Waals surface area contributed by atoms with E-state index in [2.05, 4.69) is 27.0 Å². The molecule has 2 heterocycles. The van der Waals surface area contributed by atoms with E-state index < -0.39 is 0 Å². The first kappa shape index (κ1) is 21.2. The lowest BCUT2D eigenvalue weighted by Crippen LogP contribution is -2.48. The lowest BCUT2D eigenvalue weighted by atomic mass is 9.49. The van der Waals surface area contributed by atoms with Crippen molar-refractivity contribution in [2.45, 2.75) is 63.8 Å². The summed E-state index contributed by atoms with van der Waals surface area (Å²) in [6.07, 6.45) is 8.46. The van der Waals surface area contributed by atoms with Crippen LogP contribution in [0.5, 0.6) is 0 Å². The fraction of sp³-hybridized carbons (Fsp3) is 0.520. The van der Waals surface area contributed by atoms with E-state index in [1.54, 1.807) is 11.3 Å². The average Bonchev–Trinajstić information content (AvgIpc) is 3.38. The fourth-order valence-electron chi connectivity index (χ4n) is 6.92. The molecule has 0 spiro atoms.